The van der Waals surface area contributed by atoms with Gasteiger partial charge in [-0.25, -0.2) is 4.98 Å². The van der Waals surface area contributed by atoms with Gasteiger partial charge in [-0.3, -0.25) is 14.4 Å². The molecule has 0 unspecified atom stereocenters. The van der Waals surface area contributed by atoms with E-state index in [9.17, 15) is 14.4 Å². The molecule has 7 heteroatoms. The molecule has 0 aliphatic carbocycles. The number of carbonyl (C=O) groups is 2. The molecule has 24 heavy (non-hydrogen) atoms. The van der Waals surface area contributed by atoms with E-state index < -0.39 is 0 Å². The maximum absolute atomic E-state index is 12.1. The van der Waals surface area contributed by atoms with Crippen molar-refractivity contribution in [3.8, 4) is 0 Å². The highest BCUT2D eigenvalue weighted by Crippen LogP contribution is 2.06. The van der Waals surface area contributed by atoms with Gasteiger partial charge < -0.3 is 15.6 Å². The van der Waals surface area contributed by atoms with E-state index in [2.05, 4.69) is 20.6 Å². The summed E-state index contributed by atoms with van der Waals surface area (Å²) in [5.74, 6) is 0.0586. The number of amides is 2. The highest BCUT2D eigenvalue weighted by Gasteiger charge is 2.12. The third-order valence-corrected chi connectivity index (χ3v) is 3.58. The molecule has 1 aromatic heterocycles. The fourth-order valence-corrected chi connectivity index (χ4v) is 2.35. The van der Waals surface area contributed by atoms with Crippen LogP contribution in [-0.4, -0.2) is 28.8 Å². The Morgan fingerprint density at radius 3 is 2.67 bits per heavy atom. The van der Waals surface area contributed by atoms with Gasteiger partial charge in [0.1, 0.15) is 5.82 Å². The molecule has 2 amide bonds. The Labute approximate surface area is 139 Å². The van der Waals surface area contributed by atoms with Gasteiger partial charge in [0, 0.05) is 30.4 Å². The monoisotopic (exact) mass is 328 g/mol. The summed E-state index contributed by atoms with van der Waals surface area (Å²) < 4.78 is 0. The smallest absolute Gasteiger partial charge is 0.254 e. The molecule has 126 valence electrons. The summed E-state index contributed by atoms with van der Waals surface area (Å²) in [5.41, 5.74) is 1.94. The Kier molecular flexibility index (Phi) is 5.47. The number of aryl methyl sites for hydroxylation is 2. The Hall–Kier alpha value is -2.96. The molecule has 7 nitrogen and oxygen atoms in total. The molecule has 0 aliphatic heterocycles. The predicted molar refractivity (Wildman–Crippen MR) is 89.7 cm³/mol. The molecule has 0 atom stereocenters. The fourth-order valence-electron chi connectivity index (χ4n) is 2.35. The lowest BCUT2D eigenvalue weighted by molar-refractivity contribution is -0.120. The average molecular weight is 328 g/mol. The predicted octanol–water partition coefficient (Wildman–Crippen LogP) is 0.605. The summed E-state index contributed by atoms with van der Waals surface area (Å²) in [6.45, 7) is 3.68. The van der Waals surface area contributed by atoms with Crippen molar-refractivity contribution in [2.24, 2.45) is 0 Å². The SMILES string of the molecule is CNC(=O)c1cccc(CNC(=O)Cc2c(C)nc(C)[nH]c2=O)c1. The summed E-state index contributed by atoms with van der Waals surface area (Å²) in [4.78, 5) is 42.3. The molecule has 0 spiro atoms. The molecule has 2 aromatic rings. The van der Waals surface area contributed by atoms with Crippen LogP contribution in [0.2, 0.25) is 0 Å². The molecular weight excluding hydrogens is 308 g/mol. The van der Waals surface area contributed by atoms with Crippen LogP contribution in [0.3, 0.4) is 0 Å². The summed E-state index contributed by atoms with van der Waals surface area (Å²) in [7, 11) is 1.56. The zero-order valence-electron chi connectivity index (χ0n) is 13.9. The Bertz CT molecular complexity index is 827. The Morgan fingerprint density at radius 2 is 2.00 bits per heavy atom. The Balaban J connectivity index is 2.02. The van der Waals surface area contributed by atoms with Crippen LogP contribution in [0, 0.1) is 13.8 Å². The normalized spacial score (nSPS) is 10.3. The second kappa shape index (κ2) is 7.54. The fraction of sp³-hybridized carbons (Fsp3) is 0.294. The zero-order valence-corrected chi connectivity index (χ0v) is 13.9. The second-order valence-corrected chi connectivity index (χ2v) is 5.45. The van der Waals surface area contributed by atoms with Crippen molar-refractivity contribution < 1.29 is 9.59 Å². The molecule has 2 rings (SSSR count). The third kappa shape index (κ3) is 4.28. The van der Waals surface area contributed by atoms with Crippen molar-refractivity contribution in [3.63, 3.8) is 0 Å². The molecule has 3 N–H and O–H groups in total. The molecule has 0 saturated carbocycles. The summed E-state index contributed by atoms with van der Waals surface area (Å²) in [6.07, 6.45) is -0.0381. The van der Waals surface area contributed by atoms with E-state index in [1.807, 2.05) is 6.07 Å². The topological polar surface area (TPSA) is 104 Å². The zero-order chi connectivity index (χ0) is 17.7. The summed E-state index contributed by atoms with van der Waals surface area (Å²) >= 11 is 0. The summed E-state index contributed by atoms with van der Waals surface area (Å²) in [6, 6.07) is 6.98. The van der Waals surface area contributed by atoms with Gasteiger partial charge in [0.2, 0.25) is 5.91 Å². The first kappa shape index (κ1) is 17.4. The minimum absolute atomic E-state index is 0.0381. The van der Waals surface area contributed by atoms with E-state index in [0.717, 1.165) is 5.56 Å². The van der Waals surface area contributed by atoms with E-state index in [1.54, 1.807) is 39.1 Å². The number of nitrogens with one attached hydrogen (secondary N) is 3. The molecule has 0 saturated heterocycles. The van der Waals surface area contributed by atoms with Crippen LogP contribution in [0.15, 0.2) is 29.1 Å². The number of carbonyl (C=O) groups excluding carboxylic acids is 2. The van der Waals surface area contributed by atoms with Crippen molar-refractivity contribution in [2.75, 3.05) is 7.05 Å². The first-order chi connectivity index (χ1) is 11.4. The maximum Gasteiger partial charge on any atom is 0.254 e. The standard InChI is InChI=1S/C17H20N4O3/c1-10-14(17(24)21-11(2)20-10)8-15(22)19-9-12-5-4-6-13(7-12)16(23)18-3/h4-7H,8-9H2,1-3H3,(H,18,23)(H,19,22)(H,20,21,24). The molecule has 0 bridgehead atoms. The third-order valence-electron chi connectivity index (χ3n) is 3.58. The van der Waals surface area contributed by atoms with Crippen molar-refractivity contribution in [1.29, 1.82) is 0 Å². The van der Waals surface area contributed by atoms with Gasteiger partial charge in [0.05, 0.1) is 6.42 Å². The van der Waals surface area contributed by atoms with Gasteiger partial charge in [-0.1, -0.05) is 12.1 Å². The van der Waals surface area contributed by atoms with Crippen LogP contribution in [0.4, 0.5) is 0 Å². The van der Waals surface area contributed by atoms with Crippen molar-refractivity contribution in [3.05, 3.63) is 62.8 Å². The van der Waals surface area contributed by atoms with Gasteiger partial charge >= 0.3 is 0 Å². The molecular formula is C17H20N4O3. The lowest BCUT2D eigenvalue weighted by Crippen LogP contribution is -2.29. The van der Waals surface area contributed by atoms with Crippen LogP contribution in [0.25, 0.3) is 0 Å². The van der Waals surface area contributed by atoms with Crippen molar-refractivity contribution in [1.82, 2.24) is 20.6 Å². The molecule has 1 heterocycles. The Morgan fingerprint density at radius 1 is 1.25 bits per heavy atom. The summed E-state index contributed by atoms with van der Waals surface area (Å²) in [5, 5.41) is 5.30. The quantitative estimate of drug-likeness (QED) is 0.748. The number of hydrogen-bond acceptors (Lipinski definition) is 4. The number of hydrogen-bond donors (Lipinski definition) is 3. The lowest BCUT2D eigenvalue weighted by atomic mass is 10.1. The molecule has 0 radical (unpaired) electrons. The molecule has 0 fully saturated rings. The van der Waals surface area contributed by atoms with Crippen LogP contribution in [0.1, 0.15) is 33.0 Å². The van der Waals surface area contributed by atoms with Crippen LogP contribution in [-0.2, 0) is 17.8 Å². The first-order valence-electron chi connectivity index (χ1n) is 7.55. The highest BCUT2D eigenvalue weighted by atomic mass is 16.2. The largest absolute Gasteiger partial charge is 0.355 e. The number of H-pyrrole nitrogens is 1. The van der Waals surface area contributed by atoms with E-state index in [-0.39, 0.29) is 30.3 Å². The second-order valence-electron chi connectivity index (χ2n) is 5.45. The van der Waals surface area contributed by atoms with E-state index in [0.29, 0.717) is 22.6 Å². The van der Waals surface area contributed by atoms with Gasteiger partial charge in [-0.15, -0.1) is 0 Å². The van der Waals surface area contributed by atoms with Gasteiger partial charge in [0.15, 0.2) is 0 Å². The average Bonchev–Trinajstić information content (AvgIpc) is 2.55. The lowest BCUT2D eigenvalue weighted by Gasteiger charge is -2.08. The highest BCUT2D eigenvalue weighted by molar-refractivity contribution is 5.94. The number of aromatic amines is 1. The van der Waals surface area contributed by atoms with Crippen LogP contribution >= 0.6 is 0 Å². The number of benzene rings is 1. The maximum atomic E-state index is 12.1. The molecule has 0 aliphatic rings. The van der Waals surface area contributed by atoms with E-state index in [1.165, 1.54) is 0 Å². The van der Waals surface area contributed by atoms with E-state index >= 15 is 0 Å². The number of rotatable bonds is 5. The van der Waals surface area contributed by atoms with Crippen LogP contribution in [0.5, 0.6) is 0 Å². The number of nitrogens with zero attached hydrogens (tertiary/aromatic N) is 1. The van der Waals surface area contributed by atoms with Gasteiger partial charge in [0.25, 0.3) is 11.5 Å². The van der Waals surface area contributed by atoms with E-state index in [4.69, 9.17) is 0 Å². The van der Waals surface area contributed by atoms with Gasteiger partial charge in [-0.05, 0) is 31.5 Å². The van der Waals surface area contributed by atoms with Crippen LogP contribution < -0.4 is 16.2 Å². The minimum atomic E-state index is -0.295. The first-order valence-corrected chi connectivity index (χ1v) is 7.55. The van der Waals surface area contributed by atoms with Crippen molar-refractivity contribution in [2.45, 2.75) is 26.8 Å². The molecule has 1 aromatic carbocycles. The minimum Gasteiger partial charge on any atom is -0.355 e. The van der Waals surface area contributed by atoms with Gasteiger partial charge in [-0.2, -0.15) is 0 Å². The van der Waals surface area contributed by atoms with Crippen molar-refractivity contribution >= 4 is 11.8 Å². The number of aromatic nitrogens is 2.